The van der Waals surface area contributed by atoms with E-state index in [1.165, 1.54) is 12.8 Å². The molecule has 4 heteroatoms. The number of ether oxygens (including phenoxy) is 2. The lowest BCUT2D eigenvalue weighted by molar-refractivity contribution is -0.150. The van der Waals surface area contributed by atoms with E-state index in [4.69, 9.17) is 9.47 Å². The van der Waals surface area contributed by atoms with Crippen molar-refractivity contribution >= 4 is 5.97 Å². The molecule has 98 valence electrons. The molecule has 0 spiro atoms. The molecule has 0 N–H and O–H groups in total. The summed E-state index contributed by atoms with van der Waals surface area (Å²) in [5.41, 5.74) is 0. The summed E-state index contributed by atoms with van der Waals surface area (Å²) in [5.74, 6) is 0.0506. The molecule has 2 heterocycles. The van der Waals surface area contributed by atoms with Crippen LogP contribution in [0.25, 0.3) is 0 Å². The zero-order valence-corrected chi connectivity index (χ0v) is 10.7. The first-order chi connectivity index (χ1) is 8.29. The van der Waals surface area contributed by atoms with Crippen molar-refractivity contribution in [2.75, 3.05) is 32.8 Å². The summed E-state index contributed by atoms with van der Waals surface area (Å²) in [6, 6.07) is 0. The van der Waals surface area contributed by atoms with Gasteiger partial charge in [-0.05, 0) is 39.2 Å². The van der Waals surface area contributed by atoms with E-state index in [2.05, 4.69) is 4.90 Å². The van der Waals surface area contributed by atoms with Gasteiger partial charge in [0.2, 0.25) is 0 Å². The van der Waals surface area contributed by atoms with E-state index in [-0.39, 0.29) is 11.9 Å². The van der Waals surface area contributed by atoms with Gasteiger partial charge in [0.1, 0.15) is 0 Å². The van der Waals surface area contributed by atoms with Crippen molar-refractivity contribution in [2.24, 2.45) is 5.92 Å². The zero-order valence-electron chi connectivity index (χ0n) is 10.7. The van der Waals surface area contributed by atoms with Crippen LogP contribution in [-0.2, 0) is 14.3 Å². The predicted molar refractivity (Wildman–Crippen MR) is 64.8 cm³/mol. The van der Waals surface area contributed by atoms with Gasteiger partial charge in [-0.2, -0.15) is 0 Å². The van der Waals surface area contributed by atoms with E-state index in [0.29, 0.717) is 12.7 Å². The molecule has 0 radical (unpaired) electrons. The van der Waals surface area contributed by atoms with Crippen LogP contribution in [0.4, 0.5) is 0 Å². The number of likely N-dealkylation sites (tertiary alicyclic amines) is 1. The quantitative estimate of drug-likeness (QED) is 0.698. The molecule has 0 aliphatic carbocycles. The van der Waals surface area contributed by atoms with Gasteiger partial charge in [-0.3, -0.25) is 9.69 Å². The van der Waals surface area contributed by atoms with Crippen molar-refractivity contribution in [2.45, 2.75) is 38.7 Å². The van der Waals surface area contributed by atoms with Crippen molar-refractivity contribution in [3.05, 3.63) is 0 Å². The highest BCUT2D eigenvalue weighted by Gasteiger charge is 2.28. The summed E-state index contributed by atoms with van der Waals surface area (Å²) in [6.07, 6.45) is 4.80. The molecule has 0 aromatic rings. The Balaban J connectivity index is 1.77. The fraction of sp³-hybridized carbons (Fsp3) is 0.923. The zero-order chi connectivity index (χ0) is 12.1. The molecule has 2 atom stereocenters. The van der Waals surface area contributed by atoms with Crippen LogP contribution in [0.15, 0.2) is 0 Å². The number of nitrogens with zero attached hydrogens (tertiary/aromatic N) is 1. The molecule has 4 nitrogen and oxygen atoms in total. The van der Waals surface area contributed by atoms with Gasteiger partial charge in [-0.1, -0.05) is 0 Å². The largest absolute Gasteiger partial charge is 0.466 e. The normalized spacial score (nSPS) is 30.4. The molecule has 2 saturated heterocycles. The Bertz CT molecular complexity index is 251. The van der Waals surface area contributed by atoms with Crippen LogP contribution >= 0.6 is 0 Å². The van der Waals surface area contributed by atoms with E-state index in [1.807, 2.05) is 6.92 Å². The lowest BCUT2D eigenvalue weighted by Crippen LogP contribution is -2.42. The standard InChI is InChI=1S/C13H23NO3/c1-2-16-13(15)11-5-3-7-14(9-11)10-12-6-4-8-17-12/h11-12H,2-10H2,1H3/t11-,12+/m1/s1. The van der Waals surface area contributed by atoms with Gasteiger partial charge < -0.3 is 9.47 Å². The Morgan fingerprint density at radius 3 is 3.00 bits per heavy atom. The van der Waals surface area contributed by atoms with E-state index in [0.717, 1.165) is 39.1 Å². The maximum absolute atomic E-state index is 11.7. The topological polar surface area (TPSA) is 38.8 Å². The lowest BCUT2D eigenvalue weighted by atomic mass is 9.98. The van der Waals surface area contributed by atoms with E-state index in [1.54, 1.807) is 0 Å². The first-order valence-electron chi connectivity index (χ1n) is 6.80. The molecule has 2 aliphatic rings. The Morgan fingerprint density at radius 1 is 1.41 bits per heavy atom. The van der Waals surface area contributed by atoms with Gasteiger partial charge in [0, 0.05) is 19.7 Å². The minimum absolute atomic E-state index is 0.0236. The van der Waals surface area contributed by atoms with Crippen LogP contribution in [0.1, 0.15) is 32.6 Å². The monoisotopic (exact) mass is 241 g/mol. The third kappa shape index (κ3) is 3.68. The average molecular weight is 241 g/mol. The summed E-state index contributed by atoms with van der Waals surface area (Å²) in [4.78, 5) is 14.1. The van der Waals surface area contributed by atoms with Gasteiger partial charge in [0.15, 0.2) is 0 Å². The van der Waals surface area contributed by atoms with Gasteiger partial charge in [-0.25, -0.2) is 0 Å². The van der Waals surface area contributed by atoms with Gasteiger partial charge in [0.25, 0.3) is 0 Å². The number of esters is 1. The minimum Gasteiger partial charge on any atom is -0.466 e. The number of hydrogen-bond donors (Lipinski definition) is 0. The van der Waals surface area contributed by atoms with Crippen LogP contribution in [0, 0.1) is 5.92 Å². The molecule has 17 heavy (non-hydrogen) atoms. The molecule has 2 fully saturated rings. The second-order valence-electron chi connectivity index (χ2n) is 4.99. The fourth-order valence-corrected chi connectivity index (χ4v) is 2.75. The third-order valence-electron chi connectivity index (χ3n) is 3.61. The molecule has 0 amide bonds. The highest BCUT2D eigenvalue weighted by Crippen LogP contribution is 2.20. The summed E-state index contributed by atoms with van der Waals surface area (Å²) < 4.78 is 10.7. The Labute approximate surface area is 103 Å². The highest BCUT2D eigenvalue weighted by molar-refractivity contribution is 5.72. The number of carbonyl (C=O) groups excluding carboxylic acids is 1. The van der Waals surface area contributed by atoms with E-state index >= 15 is 0 Å². The van der Waals surface area contributed by atoms with Crippen LogP contribution in [0.5, 0.6) is 0 Å². The number of carbonyl (C=O) groups is 1. The maximum atomic E-state index is 11.7. The Kier molecular flexibility index (Phi) is 4.80. The fourth-order valence-electron chi connectivity index (χ4n) is 2.75. The van der Waals surface area contributed by atoms with Gasteiger partial charge in [0.05, 0.1) is 18.6 Å². The second-order valence-corrected chi connectivity index (χ2v) is 4.99. The van der Waals surface area contributed by atoms with E-state index in [9.17, 15) is 4.79 Å². The molecular formula is C13H23NO3. The average Bonchev–Trinajstić information content (AvgIpc) is 2.82. The van der Waals surface area contributed by atoms with Crippen LogP contribution < -0.4 is 0 Å². The third-order valence-corrected chi connectivity index (χ3v) is 3.61. The Hall–Kier alpha value is -0.610. The molecule has 0 aromatic carbocycles. The van der Waals surface area contributed by atoms with Crippen molar-refractivity contribution in [3.63, 3.8) is 0 Å². The minimum atomic E-state index is -0.0236. The first-order valence-corrected chi connectivity index (χ1v) is 6.80. The second kappa shape index (κ2) is 6.36. The first kappa shape index (κ1) is 12.8. The lowest BCUT2D eigenvalue weighted by Gasteiger charge is -2.32. The molecular weight excluding hydrogens is 218 g/mol. The molecule has 0 bridgehead atoms. The van der Waals surface area contributed by atoms with Crippen molar-refractivity contribution in [1.82, 2.24) is 4.90 Å². The van der Waals surface area contributed by atoms with Gasteiger partial charge >= 0.3 is 5.97 Å². The van der Waals surface area contributed by atoms with Crippen molar-refractivity contribution < 1.29 is 14.3 Å². The highest BCUT2D eigenvalue weighted by atomic mass is 16.5. The molecule has 0 unspecified atom stereocenters. The summed E-state index contributed by atoms with van der Waals surface area (Å²) in [6.45, 7) is 6.18. The maximum Gasteiger partial charge on any atom is 0.310 e. The molecule has 0 aromatic heterocycles. The predicted octanol–water partition coefficient (Wildman–Crippen LogP) is 1.44. The molecule has 0 saturated carbocycles. The van der Waals surface area contributed by atoms with Crippen LogP contribution in [0.3, 0.4) is 0 Å². The summed E-state index contributed by atoms with van der Waals surface area (Å²) in [7, 11) is 0. The SMILES string of the molecule is CCOC(=O)[C@@H]1CCCN(C[C@@H]2CCCO2)C1. The van der Waals surface area contributed by atoms with Gasteiger partial charge in [-0.15, -0.1) is 0 Å². The molecule has 2 aliphatic heterocycles. The van der Waals surface area contributed by atoms with Crippen LogP contribution in [-0.4, -0.2) is 49.8 Å². The summed E-state index contributed by atoms with van der Waals surface area (Å²) >= 11 is 0. The van der Waals surface area contributed by atoms with Crippen LogP contribution in [0.2, 0.25) is 0 Å². The van der Waals surface area contributed by atoms with Crippen molar-refractivity contribution in [3.8, 4) is 0 Å². The number of hydrogen-bond acceptors (Lipinski definition) is 4. The Morgan fingerprint density at radius 2 is 2.29 bits per heavy atom. The number of piperidine rings is 1. The molecule has 2 rings (SSSR count). The number of rotatable bonds is 4. The van der Waals surface area contributed by atoms with Crippen molar-refractivity contribution in [1.29, 1.82) is 0 Å². The summed E-state index contributed by atoms with van der Waals surface area (Å²) in [5, 5.41) is 0. The van der Waals surface area contributed by atoms with E-state index < -0.39 is 0 Å². The smallest absolute Gasteiger partial charge is 0.310 e.